The third-order valence-corrected chi connectivity index (χ3v) is 4.65. The molecular weight excluding hydrogens is 392 g/mol. The predicted octanol–water partition coefficient (Wildman–Crippen LogP) is 3.47. The number of fused-ring (bicyclic) bond motifs is 1. The van der Waals surface area contributed by atoms with Gasteiger partial charge in [-0.25, -0.2) is 4.68 Å². The first-order valence-electron chi connectivity index (χ1n) is 8.92. The Balaban J connectivity index is 1.72. The molecule has 2 heterocycles. The Labute approximate surface area is 169 Å². The molecule has 2 aromatic carbocycles. The summed E-state index contributed by atoms with van der Waals surface area (Å²) in [6.45, 7) is 2.22. The molecule has 11 nitrogen and oxygen atoms in total. The van der Waals surface area contributed by atoms with E-state index in [1.165, 1.54) is 23.9 Å². The van der Waals surface area contributed by atoms with E-state index in [1.54, 1.807) is 30.3 Å². The first-order valence-corrected chi connectivity index (χ1v) is 8.92. The summed E-state index contributed by atoms with van der Waals surface area (Å²) < 4.78 is 6.69. The Morgan fingerprint density at radius 2 is 1.83 bits per heavy atom. The first-order chi connectivity index (χ1) is 14.5. The molecule has 0 saturated carbocycles. The van der Waals surface area contributed by atoms with E-state index in [9.17, 15) is 20.2 Å². The normalized spacial score (nSPS) is 12.8. The monoisotopic (exact) mass is 408 g/mol. The van der Waals surface area contributed by atoms with Gasteiger partial charge in [-0.1, -0.05) is 18.2 Å². The SMILES string of the molecule is Cc1nn(-c2ccccc2)c(N/N=C/c2cc3c(cc2[N+](=O)[O-])COC3)c1[N+](=O)[O-]. The van der Waals surface area contributed by atoms with E-state index < -0.39 is 9.85 Å². The molecule has 3 aromatic rings. The van der Waals surface area contributed by atoms with E-state index in [0.717, 1.165) is 11.1 Å². The molecule has 1 aliphatic rings. The van der Waals surface area contributed by atoms with Gasteiger partial charge in [0.15, 0.2) is 0 Å². The van der Waals surface area contributed by atoms with Crippen LogP contribution in [0.2, 0.25) is 0 Å². The van der Waals surface area contributed by atoms with Gasteiger partial charge in [-0.3, -0.25) is 25.7 Å². The Morgan fingerprint density at radius 3 is 2.50 bits per heavy atom. The van der Waals surface area contributed by atoms with E-state index >= 15 is 0 Å². The summed E-state index contributed by atoms with van der Waals surface area (Å²) >= 11 is 0. The number of hydrogen-bond acceptors (Lipinski definition) is 8. The smallest absolute Gasteiger partial charge is 0.335 e. The molecule has 4 rings (SSSR count). The maximum absolute atomic E-state index is 11.5. The molecule has 0 saturated heterocycles. The van der Waals surface area contributed by atoms with E-state index in [4.69, 9.17) is 4.74 Å². The van der Waals surface area contributed by atoms with Gasteiger partial charge in [0.05, 0.1) is 40.5 Å². The molecule has 0 atom stereocenters. The number of aromatic nitrogens is 2. The Bertz CT molecular complexity index is 1170. The number of nitrogens with zero attached hydrogens (tertiary/aromatic N) is 5. The lowest BCUT2D eigenvalue weighted by Gasteiger charge is -2.06. The zero-order valence-electron chi connectivity index (χ0n) is 15.8. The fraction of sp³-hybridized carbons (Fsp3) is 0.158. The largest absolute Gasteiger partial charge is 0.372 e. The van der Waals surface area contributed by atoms with E-state index in [1.807, 2.05) is 6.07 Å². The van der Waals surface area contributed by atoms with Gasteiger partial charge >= 0.3 is 5.69 Å². The maximum Gasteiger partial charge on any atom is 0.335 e. The number of anilines is 1. The summed E-state index contributed by atoms with van der Waals surface area (Å²) in [5, 5.41) is 31.2. The van der Waals surface area contributed by atoms with Crippen molar-refractivity contribution in [2.24, 2.45) is 5.10 Å². The average molecular weight is 408 g/mol. The van der Waals surface area contributed by atoms with Gasteiger partial charge in [-0.15, -0.1) is 0 Å². The minimum atomic E-state index is -0.547. The number of hydrazone groups is 1. The van der Waals surface area contributed by atoms with Crippen LogP contribution in [-0.2, 0) is 18.0 Å². The van der Waals surface area contributed by atoms with Gasteiger partial charge < -0.3 is 4.74 Å². The molecule has 30 heavy (non-hydrogen) atoms. The van der Waals surface area contributed by atoms with Crippen molar-refractivity contribution in [1.29, 1.82) is 0 Å². The number of hydrogen-bond donors (Lipinski definition) is 1. The van der Waals surface area contributed by atoms with Gasteiger partial charge in [0.25, 0.3) is 5.69 Å². The fourth-order valence-corrected chi connectivity index (χ4v) is 3.25. The molecule has 0 amide bonds. The van der Waals surface area contributed by atoms with Crippen molar-refractivity contribution in [1.82, 2.24) is 9.78 Å². The van der Waals surface area contributed by atoms with Gasteiger partial charge in [-0.05, 0) is 36.2 Å². The molecule has 0 unspecified atom stereocenters. The van der Waals surface area contributed by atoms with Crippen molar-refractivity contribution in [2.75, 3.05) is 5.43 Å². The van der Waals surface area contributed by atoms with Crippen molar-refractivity contribution in [3.8, 4) is 5.69 Å². The number of nitro benzene ring substituents is 1. The molecule has 0 radical (unpaired) electrons. The lowest BCUT2D eigenvalue weighted by Crippen LogP contribution is -2.04. The molecule has 0 bridgehead atoms. The Morgan fingerprint density at radius 1 is 1.13 bits per heavy atom. The molecule has 152 valence electrons. The number of nitrogens with one attached hydrogen (secondary N) is 1. The zero-order chi connectivity index (χ0) is 21.3. The maximum atomic E-state index is 11.5. The second-order valence-corrected chi connectivity index (χ2v) is 6.59. The zero-order valence-corrected chi connectivity index (χ0v) is 15.8. The second kappa shape index (κ2) is 7.72. The average Bonchev–Trinajstić information content (AvgIpc) is 3.31. The summed E-state index contributed by atoms with van der Waals surface area (Å²) in [6, 6.07) is 12.0. The predicted molar refractivity (Wildman–Crippen MR) is 108 cm³/mol. The van der Waals surface area contributed by atoms with Crippen LogP contribution in [-0.4, -0.2) is 25.8 Å². The van der Waals surface area contributed by atoms with Crippen molar-refractivity contribution < 1.29 is 14.6 Å². The molecule has 0 spiro atoms. The van der Waals surface area contributed by atoms with Gasteiger partial charge in [0, 0.05) is 6.07 Å². The Kier molecular flexibility index (Phi) is 4.94. The summed E-state index contributed by atoms with van der Waals surface area (Å²) in [4.78, 5) is 21.9. The molecule has 1 aliphatic heterocycles. The highest BCUT2D eigenvalue weighted by Gasteiger charge is 2.26. The molecule has 1 N–H and O–H groups in total. The molecule has 0 aliphatic carbocycles. The van der Waals surface area contributed by atoms with Crippen molar-refractivity contribution in [3.05, 3.63) is 85.1 Å². The van der Waals surface area contributed by atoms with Gasteiger partial charge in [0.2, 0.25) is 5.82 Å². The molecule has 1 aromatic heterocycles. The van der Waals surface area contributed by atoms with Crippen LogP contribution in [0.4, 0.5) is 17.2 Å². The van der Waals surface area contributed by atoms with Gasteiger partial charge in [-0.2, -0.15) is 10.2 Å². The fourth-order valence-electron chi connectivity index (χ4n) is 3.25. The van der Waals surface area contributed by atoms with Crippen molar-refractivity contribution in [2.45, 2.75) is 20.1 Å². The standard InChI is InChI=1S/C19H16N6O5/c1-12-18(25(28)29)19(23(22-12)16-5-3-2-4-6-16)21-20-9-13-7-14-10-30-11-15(14)8-17(13)24(26)27/h2-9,21H,10-11H2,1H3/b20-9+. The van der Waals surface area contributed by atoms with Gasteiger partial charge in [0.1, 0.15) is 5.69 Å². The van der Waals surface area contributed by atoms with Crippen LogP contribution in [0.3, 0.4) is 0 Å². The van der Waals surface area contributed by atoms with Crippen LogP contribution < -0.4 is 5.43 Å². The highest BCUT2D eigenvalue weighted by Crippen LogP contribution is 2.31. The molecule has 11 heteroatoms. The summed E-state index contributed by atoms with van der Waals surface area (Å²) in [5.41, 5.74) is 4.98. The van der Waals surface area contributed by atoms with Crippen LogP contribution in [0.5, 0.6) is 0 Å². The lowest BCUT2D eigenvalue weighted by atomic mass is 10.0. The Hall–Kier alpha value is -4.12. The van der Waals surface area contributed by atoms with E-state index in [0.29, 0.717) is 18.9 Å². The van der Waals surface area contributed by atoms with E-state index in [-0.39, 0.29) is 28.5 Å². The number of para-hydroxylation sites is 1. The number of benzene rings is 2. The summed E-state index contributed by atoms with van der Waals surface area (Å²) in [6.07, 6.45) is 1.26. The quantitative estimate of drug-likeness (QED) is 0.374. The minimum absolute atomic E-state index is 0.0482. The van der Waals surface area contributed by atoms with Crippen molar-refractivity contribution >= 4 is 23.4 Å². The number of aryl methyl sites for hydroxylation is 1. The lowest BCUT2D eigenvalue weighted by molar-refractivity contribution is -0.385. The second-order valence-electron chi connectivity index (χ2n) is 6.59. The summed E-state index contributed by atoms with van der Waals surface area (Å²) in [7, 11) is 0. The first kappa shape index (κ1) is 19.2. The number of rotatable bonds is 6. The van der Waals surface area contributed by atoms with Crippen LogP contribution in [0.1, 0.15) is 22.4 Å². The molecule has 0 fully saturated rings. The minimum Gasteiger partial charge on any atom is -0.372 e. The highest BCUT2D eigenvalue weighted by molar-refractivity contribution is 5.86. The van der Waals surface area contributed by atoms with Crippen LogP contribution in [0.15, 0.2) is 47.6 Å². The third kappa shape index (κ3) is 3.49. The van der Waals surface area contributed by atoms with Crippen LogP contribution in [0.25, 0.3) is 5.69 Å². The number of ether oxygens (including phenoxy) is 1. The third-order valence-electron chi connectivity index (χ3n) is 4.65. The topological polar surface area (TPSA) is 138 Å². The summed E-state index contributed by atoms with van der Waals surface area (Å²) in [5.74, 6) is 0.0482. The van der Waals surface area contributed by atoms with E-state index in [2.05, 4.69) is 15.6 Å². The number of nitro groups is 2. The van der Waals surface area contributed by atoms with Crippen LogP contribution >= 0.6 is 0 Å². The highest BCUT2D eigenvalue weighted by atomic mass is 16.6. The molecular formula is C19H16N6O5. The van der Waals surface area contributed by atoms with Crippen molar-refractivity contribution in [3.63, 3.8) is 0 Å². The van der Waals surface area contributed by atoms with Crippen LogP contribution in [0, 0.1) is 27.2 Å².